The van der Waals surface area contributed by atoms with Gasteiger partial charge in [0.1, 0.15) is 5.60 Å². The normalized spacial score (nSPS) is 34.0. The highest BCUT2D eigenvalue weighted by Gasteiger charge is 2.45. The van der Waals surface area contributed by atoms with E-state index in [1.807, 2.05) is 0 Å². The average molecular weight is 300 g/mol. The van der Waals surface area contributed by atoms with Gasteiger partial charge in [-0.3, -0.25) is 4.98 Å². The van der Waals surface area contributed by atoms with E-state index in [1.165, 1.54) is 6.07 Å². The number of alkyl halides is 3. The molecule has 0 saturated carbocycles. The van der Waals surface area contributed by atoms with Gasteiger partial charge in [-0.2, -0.15) is 13.2 Å². The fraction of sp³-hybridized carbons (Fsp3) is 0.667. The zero-order valence-corrected chi connectivity index (χ0v) is 11.9. The second kappa shape index (κ2) is 4.95. The molecule has 1 N–H and O–H groups in total. The highest BCUT2D eigenvalue weighted by Crippen LogP contribution is 2.43. The van der Waals surface area contributed by atoms with Crippen LogP contribution in [0.2, 0.25) is 0 Å². The lowest BCUT2D eigenvalue weighted by atomic mass is 9.74. The molecule has 0 spiro atoms. The van der Waals surface area contributed by atoms with Crippen LogP contribution in [0.15, 0.2) is 18.3 Å². The molecule has 0 amide bonds. The molecule has 2 aliphatic rings. The van der Waals surface area contributed by atoms with Crippen LogP contribution in [0.4, 0.5) is 13.2 Å². The summed E-state index contributed by atoms with van der Waals surface area (Å²) in [6.07, 6.45) is 0.706. The number of fused-ring (bicyclic) bond motifs is 2. The number of aliphatic hydroxyl groups is 1. The summed E-state index contributed by atoms with van der Waals surface area (Å²) in [5.41, 5.74) is -1.52. The molecule has 1 aromatic rings. The summed E-state index contributed by atoms with van der Waals surface area (Å²) in [5.74, 6) is 0. The van der Waals surface area contributed by atoms with Gasteiger partial charge in [0.05, 0.1) is 11.3 Å². The van der Waals surface area contributed by atoms with Crippen LogP contribution in [0.1, 0.15) is 43.4 Å². The van der Waals surface area contributed by atoms with Crippen LogP contribution in [0, 0.1) is 0 Å². The highest BCUT2D eigenvalue weighted by atomic mass is 19.4. The van der Waals surface area contributed by atoms with Crippen molar-refractivity contribution in [2.24, 2.45) is 0 Å². The van der Waals surface area contributed by atoms with Gasteiger partial charge in [-0.15, -0.1) is 0 Å². The summed E-state index contributed by atoms with van der Waals surface area (Å²) < 4.78 is 37.8. The topological polar surface area (TPSA) is 36.4 Å². The minimum absolute atomic E-state index is 0.284. The summed E-state index contributed by atoms with van der Waals surface area (Å²) in [6.45, 7) is 0. The molecule has 0 radical (unpaired) electrons. The Hall–Kier alpha value is -1.14. The molecular weight excluding hydrogens is 281 g/mol. The molecule has 3 rings (SSSR count). The van der Waals surface area contributed by atoms with Crippen molar-refractivity contribution in [3.05, 3.63) is 29.6 Å². The fourth-order valence-corrected chi connectivity index (χ4v) is 3.70. The van der Waals surface area contributed by atoms with Crippen LogP contribution in [0.3, 0.4) is 0 Å². The van der Waals surface area contributed by atoms with Crippen LogP contribution in [-0.4, -0.2) is 34.1 Å². The lowest BCUT2D eigenvalue weighted by molar-refractivity contribution is -0.138. The molecule has 2 bridgehead atoms. The quantitative estimate of drug-likeness (QED) is 0.866. The molecule has 116 valence electrons. The maximum atomic E-state index is 12.6. The molecule has 3 heterocycles. The number of pyridine rings is 1. The molecule has 2 atom stereocenters. The standard InChI is InChI=1S/C15H19F3N2O/c1-20-11-3-2-4-12(20)8-14(21,7-11)13-6-5-10(9-19-13)15(16,17)18/h5-6,9,11-12,21H,2-4,7-8H2,1H3. The number of aromatic nitrogens is 1. The summed E-state index contributed by atoms with van der Waals surface area (Å²) in [6, 6.07) is 2.90. The largest absolute Gasteiger partial charge is 0.417 e. The Balaban J connectivity index is 1.86. The molecule has 0 aromatic carbocycles. The summed E-state index contributed by atoms with van der Waals surface area (Å²) in [7, 11) is 2.06. The molecule has 2 fully saturated rings. The average Bonchev–Trinajstić information content (AvgIpc) is 2.40. The Labute approximate surface area is 121 Å². The van der Waals surface area contributed by atoms with Crippen molar-refractivity contribution < 1.29 is 18.3 Å². The second-order valence-electron chi connectivity index (χ2n) is 6.27. The molecule has 21 heavy (non-hydrogen) atoms. The van der Waals surface area contributed by atoms with Gasteiger partial charge >= 0.3 is 6.18 Å². The van der Waals surface area contributed by atoms with Crippen molar-refractivity contribution in [1.82, 2.24) is 9.88 Å². The van der Waals surface area contributed by atoms with Crippen molar-refractivity contribution in [2.45, 2.75) is 56.0 Å². The minimum Gasteiger partial charge on any atom is -0.383 e. The van der Waals surface area contributed by atoms with E-state index >= 15 is 0 Å². The lowest BCUT2D eigenvalue weighted by Crippen LogP contribution is -2.55. The first kappa shape index (κ1) is 14.8. The van der Waals surface area contributed by atoms with E-state index < -0.39 is 17.3 Å². The molecule has 6 heteroatoms. The number of hydrogen-bond acceptors (Lipinski definition) is 3. The Morgan fingerprint density at radius 1 is 1.24 bits per heavy atom. The first-order valence-electron chi connectivity index (χ1n) is 7.28. The lowest BCUT2D eigenvalue weighted by Gasteiger charge is -2.50. The predicted octanol–water partition coefficient (Wildman–Crippen LogP) is 2.93. The number of rotatable bonds is 1. The fourth-order valence-electron chi connectivity index (χ4n) is 3.70. The van der Waals surface area contributed by atoms with Gasteiger partial charge < -0.3 is 10.0 Å². The van der Waals surface area contributed by atoms with Gasteiger partial charge in [-0.1, -0.05) is 6.42 Å². The first-order chi connectivity index (χ1) is 9.79. The smallest absolute Gasteiger partial charge is 0.383 e. The summed E-state index contributed by atoms with van der Waals surface area (Å²) in [4.78, 5) is 6.20. The zero-order chi connectivity index (χ0) is 15.3. The number of hydrogen-bond donors (Lipinski definition) is 1. The molecule has 1 aromatic heterocycles. The van der Waals surface area contributed by atoms with Gasteiger partial charge in [-0.05, 0) is 44.9 Å². The molecular formula is C15H19F3N2O. The van der Waals surface area contributed by atoms with Crippen LogP contribution in [0.5, 0.6) is 0 Å². The van der Waals surface area contributed by atoms with Crippen LogP contribution >= 0.6 is 0 Å². The van der Waals surface area contributed by atoms with Crippen LogP contribution < -0.4 is 0 Å². The maximum Gasteiger partial charge on any atom is 0.417 e. The third-order valence-corrected chi connectivity index (χ3v) is 4.94. The van der Waals surface area contributed by atoms with E-state index in [2.05, 4.69) is 16.9 Å². The predicted molar refractivity (Wildman–Crippen MR) is 71.6 cm³/mol. The zero-order valence-electron chi connectivity index (χ0n) is 11.9. The monoisotopic (exact) mass is 300 g/mol. The van der Waals surface area contributed by atoms with Gasteiger partial charge in [0.2, 0.25) is 0 Å². The van der Waals surface area contributed by atoms with Crippen LogP contribution in [-0.2, 0) is 11.8 Å². The molecule has 3 nitrogen and oxygen atoms in total. The number of nitrogens with zero attached hydrogens (tertiary/aromatic N) is 2. The van der Waals surface area contributed by atoms with Crippen molar-refractivity contribution in [1.29, 1.82) is 0 Å². The Kier molecular flexibility index (Phi) is 3.48. The van der Waals surface area contributed by atoms with Crippen molar-refractivity contribution in [2.75, 3.05) is 7.05 Å². The highest BCUT2D eigenvalue weighted by molar-refractivity contribution is 5.22. The van der Waals surface area contributed by atoms with E-state index in [0.717, 1.165) is 31.5 Å². The van der Waals surface area contributed by atoms with E-state index in [1.54, 1.807) is 0 Å². The minimum atomic E-state index is -4.39. The van der Waals surface area contributed by atoms with Crippen molar-refractivity contribution in [3.63, 3.8) is 0 Å². The SMILES string of the molecule is CN1C2CCCC1CC(O)(c1ccc(C(F)(F)F)cn1)C2. The number of halogens is 3. The van der Waals surface area contributed by atoms with Gasteiger partial charge in [0, 0.05) is 18.3 Å². The van der Waals surface area contributed by atoms with E-state index in [0.29, 0.717) is 18.5 Å². The Morgan fingerprint density at radius 3 is 2.33 bits per heavy atom. The number of piperidine rings is 2. The van der Waals surface area contributed by atoms with E-state index in [4.69, 9.17) is 0 Å². The molecule has 2 saturated heterocycles. The maximum absolute atomic E-state index is 12.6. The summed E-state index contributed by atoms with van der Waals surface area (Å²) in [5, 5.41) is 10.9. The first-order valence-corrected chi connectivity index (χ1v) is 7.28. The van der Waals surface area contributed by atoms with E-state index in [9.17, 15) is 18.3 Å². The van der Waals surface area contributed by atoms with Gasteiger partial charge in [0.25, 0.3) is 0 Å². The van der Waals surface area contributed by atoms with Crippen LogP contribution in [0.25, 0.3) is 0 Å². The Bertz CT molecular complexity index is 501. The van der Waals surface area contributed by atoms with Crippen molar-refractivity contribution in [3.8, 4) is 0 Å². The van der Waals surface area contributed by atoms with Gasteiger partial charge in [0.15, 0.2) is 0 Å². The third-order valence-electron chi connectivity index (χ3n) is 4.94. The third kappa shape index (κ3) is 2.66. The molecule has 2 unspecified atom stereocenters. The molecule has 2 aliphatic heterocycles. The second-order valence-corrected chi connectivity index (χ2v) is 6.27. The van der Waals surface area contributed by atoms with E-state index in [-0.39, 0.29) is 12.1 Å². The van der Waals surface area contributed by atoms with Gasteiger partial charge in [-0.25, -0.2) is 0 Å². The molecule has 0 aliphatic carbocycles. The van der Waals surface area contributed by atoms with Crippen molar-refractivity contribution >= 4 is 0 Å². The Morgan fingerprint density at radius 2 is 1.86 bits per heavy atom. The summed E-state index contributed by atoms with van der Waals surface area (Å²) >= 11 is 0.